The number of rotatable bonds is 5. The molecule has 1 rings (SSSR count). The van der Waals surface area contributed by atoms with Crippen molar-refractivity contribution in [3.8, 4) is 0 Å². The molecule has 0 bridgehead atoms. The molecule has 3 heteroatoms. The highest BCUT2D eigenvalue weighted by Crippen LogP contribution is 2.07. The Labute approximate surface area is 85.2 Å². The summed E-state index contributed by atoms with van der Waals surface area (Å²) in [5, 5.41) is 12.4. The molecule has 0 aliphatic heterocycles. The molecule has 0 aliphatic rings. The minimum atomic E-state index is -0.238. The lowest BCUT2D eigenvalue weighted by atomic mass is 10.2. The Hall–Kier alpha value is -0.930. The highest BCUT2D eigenvalue weighted by Gasteiger charge is 2.04. The maximum atomic E-state index is 9.08. The van der Waals surface area contributed by atoms with Crippen LogP contribution >= 0.6 is 0 Å². The summed E-state index contributed by atoms with van der Waals surface area (Å²) >= 11 is 0. The van der Waals surface area contributed by atoms with Gasteiger partial charge in [0.05, 0.1) is 11.8 Å². The lowest BCUT2D eigenvalue weighted by molar-refractivity contribution is 0.182. The normalized spacial score (nSPS) is 15.1. The first-order valence-corrected chi connectivity index (χ1v) is 5.02. The summed E-state index contributed by atoms with van der Waals surface area (Å²) in [6.07, 6.45) is 2.33. The van der Waals surface area contributed by atoms with Crippen molar-refractivity contribution in [2.45, 2.75) is 32.4 Å². The van der Waals surface area contributed by atoms with Crippen LogP contribution in [0.3, 0.4) is 0 Å². The molecule has 1 aromatic heterocycles. The van der Waals surface area contributed by atoms with Crippen molar-refractivity contribution >= 4 is 0 Å². The molecule has 2 atom stereocenters. The van der Waals surface area contributed by atoms with Crippen LogP contribution in [0.15, 0.2) is 24.4 Å². The Kier molecular flexibility index (Phi) is 4.56. The fraction of sp³-hybridized carbons (Fsp3) is 0.545. The Bertz CT molecular complexity index is 249. The summed E-state index contributed by atoms with van der Waals surface area (Å²) in [4.78, 5) is 4.25. The van der Waals surface area contributed by atoms with Crippen molar-refractivity contribution in [1.29, 1.82) is 0 Å². The van der Waals surface area contributed by atoms with Crippen LogP contribution in [0, 0.1) is 0 Å². The minimum Gasteiger partial charge on any atom is -0.393 e. The van der Waals surface area contributed by atoms with Gasteiger partial charge in [-0.3, -0.25) is 4.98 Å². The van der Waals surface area contributed by atoms with Crippen molar-refractivity contribution in [2.75, 3.05) is 6.54 Å². The lowest BCUT2D eigenvalue weighted by Gasteiger charge is -2.13. The standard InChI is InChI=1S/C11H18N2O/c1-9(14)6-8-12-10(2)11-5-3-4-7-13-11/h3-5,7,9-10,12,14H,6,8H2,1-2H3/t9?,10-/m0/s1. The molecule has 2 N–H and O–H groups in total. The molecule has 1 aromatic rings. The summed E-state index contributed by atoms with van der Waals surface area (Å²) in [6.45, 7) is 4.69. The lowest BCUT2D eigenvalue weighted by Crippen LogP contribution is -2.23. The van der Waals surface area contributed by atoms with E-state index in [9.17, 15) is 0 Å². The van der Waals surface area contributed by atoms with E-state index >= 15 is 0 Å². The number of nitrogens with one attached hydrogen (secondary N) is 1. The van der Waals surface area contributed by atoms with Gasteiger partial charge in [0, 0.05) is 12.2 Å². The molecular formula is C11H18N2O. The first kappa shape index (κ1) is 11.1. The number of aliphatic hydroxyl groups is 1. The summed E-state index contributed by atoms with van der Waals surface area (Å²) in [5.74, 6) is 0. The number of pyridine rings is 1. The van der Waals surface area contributed by atoms with E-state index in [0.717, 1.165) is 18.7 Å². The third-order valence-corrected chi connectivity index (χ3v) is 2.14. The number of aliphatic hydroxyl groups excluding tert-OH is 1. The molecule has 0 saturated heterocycles. The molecule has 0 radical (unpaired) electrons. The van der Waals surface area contributed by atoms with Gasteiger partial charge in [0.15, 0.2) is 0 Å². The zero-order chi connectivity index (χ0) is 10.4. The number of aromatic nitrogens is 1. The number of hydrogen-bond donors (Lipinski definition) is 2. The molecule has 78 valence electrons. The van der Waals surface area contributed by atoms with Crippen LogP contribution in [0.2, 0.25) is 0 Å². The van der Waals surface area contributed by atoms with Gasteiger partial charge in [-0.15, -0.1) is 0 Å². The van der Waals surface area contributed by atoms with Crippen molar-refractivity contribution in [3.63, 3.8) is 0 Å². The van der Waals surface area contributed by atoms with Crippen LogP contribution in [-0.4, -0.2) is 22.7 Å². The second-order valence-corrected chi connectivity index (χ2v) is 3.57. The van der Waals surface area contributed by atoms with E-state index in [1.807, 2.05) is 18.2 Å². The topological polar surface area (TPSA) is 45.1 Å². The maximum absolute atomic E-state index is 9.08. The number of hydrogen-bond acceptors (Lipinski definition) is 3. The summed E-state index contributed by atoms with van der Waals surface area (Å²) in [7, 11) is 0. The third kappa shape index (κ3) is 3.85. The largest absolute Gasteiger partial charge is 0.393 e. The van der Waals surface area contributed by atoms with E-state index in [1.54, 1.807) is 13.1 Å². The predicted octanol–water partition coefficient (Wildman–Crippen LogP) is 1.50. The first-order chi connectivity index (χ1) is 6.70. The Morgan fingerprint density at radius 3 is 2.79 bits per heavy atom. The molecule has 0 fully saturated rings. The van der Waals surface area contributed by atoms with E-state index in [1.165, 1.54) is 0 Å². The number of nitrogens with zero attached hydrogens (tertiary/aromatic N) is 1. The second-order valence-electron chi connectivity index (χ2n) is 3.57. The van der Waals surface area contributed by atoms with Crippen molar-refractivity contribution in [3.05, 3.63) is 30.1 Å². The van der Waals surface area contributed by atoms with Gasteiger partial charge in [-0.1, -0.05) is 6.07 Å². The quantitative estimate of drug-likeness (QED) is 0.746. The van der Waals surface area contributed by atoms with Crippen LogP contribution in [-0.2, 0) is 0 Å². The fourth-order valence-electron chi connectivity index (χ4n) is 1.25. The van der Waals surface area contributed by atoms with Gasteiger partial charge in [-0.2, -0.15) is 0 Å². The molecule has 14 heavy (non-hydrogen) atoms. The third-order valence-electron chi connectivity index (χ3n) is 2.14. The highest BCUT2D eigenvalue weighted by molar-refractivity contribution is 5.07. The van der Waals surface area contributed by atoms with Crippen molar-refractivity contribution in [1.82, 2.24) is 10.3 Å². The molecule has 0 aliphatic carbocycles. The minimum absolute atomic E-state index is 0.238. The zero-order valence-corrected chi connectivity index (χ0v) is 8.77. The monoisotopic (exact) mass is 194 g/mol. The van der Waals surface area contributed by atoms with Crippen LogP contribution in [0.4, 0.5) is 0 Å². The average molecular weight is 194 g/mol. The molecule has 0 spiro atoms. The molecule has 0 aromatic carbocycles. The molecular weight excluding hydrogens is 176 g/mol. The predicted molar refractivity (Wildman–Crippen MR) is 57.0 cm³/mol. The molecule has 1 unspecified atom stereocenters. The molecule has 3 nitrogen and oxygen atoms in total. The highest BCUT2D eigenvalue weighted by atomic mass is 16.3. The van der Waals surface area contributed by atoms with Gasteiger partial charge < -0.3 is 10.4 Å². The van der Waals surface area contributed by atoms with Crippen molar-refractivity contribution < 1.29 is 5.11 Å². The molecule has 0 amide bonds. The fourth-order valence-corrected chi connectivity index (χ4v) is 1.25. The summed E-state index contributed by atoms with van der Waals surface area (Å²) in [6, 6.07) is 6.14. The maximum Gasteiger partial charge on any atom is 0.0570 e. The van der Waals surface area contributed by atoms with Crippen molar-refractivity contribution in [2.24, 2.45) is 0 Å². The smallest absolute Gasteiger partial charge is 0.0570 e. The van der Waals surface area contributed by atoms with Gasteiger partial charge in [-0.05, 0) is 38.9 Å². The van der Waals surface area contributed by atoms with Crippen LogP contribution in [0.5, 0.6) is 0 Å². The van der Waals surface area contributed by atoms with Gasteiger partial charge in [0.1, 0.15) is 0 Å². The van der Waals surface area contributed by atoms with Crippen LogP contribution in [0.1, 0.15) is 32.0 Å². The van der Waals surface area contributed by atoms with Gasteiger partial charge in [-0.25, -0.2) is 0 Å². The average Bonchev–Trinajstić information content (AvgIpc) is 2.18. The van der Waals surface area contributed by atoms with E-state index in [-0.39, 0.29) is 12.1 Å². The SMILES string of the molecule is CC(O)CCN[C@@H](C)c1ccccn1. The Morgan fingerprint density at radius 1 is 1.43 bits per heavy atom. The first-order valence-electron chi connectivity index (χ1n) is 5.02. The molecule has 1 heterocycles. The van der Waals surface area contributed by atoms with E-state index < -0.39 is 0 Å². The van der Waals surface area contributed by atoms with Gasteiger partial charge in [0.25, 0.3) is 0 Å². The second kappa shape index (κ2) is 5.73. The zero-order valence-electron chi connectivity index (χ0n) is 8.77. The van der Waals surface area contributed by atoms with E-state index in [0.29, 0.717) is 0 Å². The van der Waals surface area contributed by atoms with E-state index in [2.05, 4.69) is 17.2 Å². The van der Waals surface area contributed by atoms with Crippen LogP contribution in [0.25, 0.3) is 0 Å². The van der Waals surface area contributed by atoms with Crippen LogP contribution < -0.4 is 5.32 Å². The van der Waals surface area contributed by atoms with Gasteiger partial charge >= 0.3 is 0 Å². The summed E-state index contributed by atoms with van der Waals surface area (Å²) < 4.78 is 0. The Morgan fingerprint density at radius 2 is 2.21 bits per heavy atom. The summed E-state index contributed by atoms with van der Waals surface area (Å²) in [5.41, 5.74) is 1.04. The van der Waals surface area contributed by atoms with E-state index in [4.69, 9.17) is 5.11 Å². The van der Waals surface area contributed by atoms with Gasteiger partial charge in [0.2, 0.25) is 0 Å². The Balaban J connectivity index is 2.32. The molecule has 0 saturated carbocycles.